The molecule has 0 amide bonds. The van der Waals surface area contributed by atoms with Gasteiger partial charge in [0.25, 0.3) is 0 Å². The van der Waals surface area contributed by atoms with Crippen LogP contribution in [0.15, 0.2) is 30.3 Å². The van der Waals surface area contributed by atoms with Crippen molar-refractivity contribution >= 4 is 0 Å². The summed E-state index contributed by atoms with van der Waals surface area (Å²) in [6.07, 6.45) is 8.74. The van der Waals surface area contributed by atoms with Gasteiger partial charge in [-0.05, 0) is 80.1 Å². The van der Waals surface area contributed by atoms with E-state index in [0.717, 1.165) is 55.8 Å². The molecule has 35 heavy (non-hydrogen) atoms. The van der Waals surface area contributed by atoms with Crippen LogP contribution in [0, 0.1) is 23.2 Å². The molecular weight excluding hydrogens is 442 g/mol. The highest BCUT2D eigenvalue weighted by Crippen LogP contribution is 2.60. The van der Waals surface area contributed by atoms with Crippen molar-refractivity contribution in [2.24, 2.45) is 23.2 Å². The normalized spacial score (nSPS) is 40.9. The van der Waals surface area contributed by atoms with Crippen LogP contribution in [0.2, 0.25) is 0 Å². The predicted octanol–water partition coefficient (Wildman–Crippen LogP) is 3.11. The summed E-state index contributed by atoms with van der Waals surface area (Å²) in [6, 6.07) is 9.01. The lowest BCUT2D eigenvalue weighted by molar-refractivity contribution is -0.175. The molecule has 4 bridgehead atoms. The lowest BCUT2D eigenvalue weighted by Crippen LogP contribution is -2.66. The summed E-state index contributed by atoms with van der Waals surface area (Å²) in [4.78, 5) is 1.99. The number of piperidine rings is 1. The van der Waals surface area contributed by atoms with E-state index in [0.29, 0.717) is 18.4 Å². The van der Waals surface area contributed by atoms with Gasteiger partial charge in [0, 0.05) is 19.2 Å². The average Bonchev–Trinajstić information content (AvgIpc) is 2.84. The molecule has 6 rings (SSSR count). The maximum absolute atomic E-state index is 10.8. The SMILES string of the molecule is OC[C@@H]1[C@@H](O)[C@H](O)[C@@H](O)[C@H](CCCCCOCC23CC4CC(CC(C4)C2)C3)N1Cc1ccccc1. The van der Waals surface area contributed by atoms with E-state index in [1.54, 1.807) is 0 Å². The number of hydrogen-bond acceptors (Lipinski definition) is 6. The third-order valence-electron chi connectivity index (χ3n) is 9.60. The van der Waals surface area contributed by atoms with Crippen molar-refractivity contribution in [3.8, 4) is 0 Å². The molecule has 0 unspecified atom stereocenters. The quantitative estimate of drug-likeness (QED) is 0.359. The number of ether oxygens (including phenoxy) is 1. The predicted molar refractivity (Wildman–Crippen MR) is 135 cm³/mol. The van der Waals surface area contributed by atoms with Crippen LogP contribution in [0.3, 0.4) is 0 Å². The molecule has 196 valence electrons. The van der Waals surface area contributed by atoms with Crippen LogP contribution in [-0.2, 0) is 11.3 Å². The van der Waals surface area contributed by atoms with Gasteiger partial charge in [0.05, 0.1) is 25.4 Å². The molecule has 1 heterocycles. The minimum Gasteiger partial charge on any atom is -0.395 e. The first-order valence-electron chi connectivity index (χ1n) is 14.0. The number of rotatable bonds is 11. The molecule has 0 radical (unpaired) electrons. The summed E-state index contributed by atoms with van der Waals surface area (Å²) in [6.45, 7) is 1.99. The van der Waals surface area contributed by atoms with Gasteiger partial charge in [-0.1, -0.05) is 43.2 Å². The Morgan fingerprint density at radius 3 is 2.06 bits per heavy atom. The van der Waals surface area contributed by atoms with Gasteiger partial charge in [-0.25, -0.2) is 0 Å². The van der Waals surface area contributed by atoms with Gasteiger partial charge in [0.2, 0.25) is 0 Å². The van der Waals surface area contributed by atoms with Crippen molar-refractivity contribution in [3.05, 3.63) is 35.9 Å². The van der Waals surface area contributed by atoms with Crippen molar-refractivity contribution in [2.45, 2.75) is 101 Å². The highest BCUT2D eigenvalue weighted by molar-refractivity contribution is 5.16. The number of unbranched alkanes of at least 4 members (excludes halogenated alkanes) is 2. The van der Waals surface area contributed by atoms with Crippen molar-refractivity contribution < 1.29 is 25.2 Å². The highest BCUT2D eigenvalue weighted by atomic mass is 16.5. The summed E-state index contributed by atoms with van der Waals surface area (Å²) in [5.41, 5.74) is 1.53. The first-order chi connectivity index (χ1) is 17.0. The van der Waals surface area contributed by atoms with E-state index in [1.807, 2.05) is 35.2 Å². The Hall–Kier alpha value is -1.02. The third-order valence-corrected chi connectivity index (χ3v) is 9.60. The van der Waals surface area contributed by atoms with E-state index >= 15 is 0 Å². The second-order valence-corrected chi connectivity index (χ2v) is 12.3. The molecule has 1 aromatic rings. The van der Waals surface area contributed by atoms with Gasteiger partial charge in [-0.3, -0.25) is 4.90 Å². The zero-order valence-corrected chi connectivity index (χ0v) is 21.0. The molecule has 5 atom stereocenters. The minimum absolute atomic E-state index is 0.257. The van der Waals surface area contributed by atoms with Gasteiger partial charge in [-0.2, -0.15) is 0 Å². The van der Waals surface area contributed by atoms with E-state index in [4.69, 9.17) is 4.74 Å². The molecule has 4 saturated carbocycles. The van der Waals surface area contributed by atoms with E-state index in [2.05, 4.69) is 0 Å². The molecule has 1 aromatic carbocycles. The summed E-state index contributed by atoms with van der Waals surface area (Å²) in [7, 11) is 0. The minimum atomic E-state index is -1.24. The standard InChI is InChI=1S/C29H45NO5/c31-18-25-27(33)28(34)26(32)24(30(25)17-20-7-3-1-4-8-20)9-5-2-6-10-35-19-29-14-21-11-22(15-29)13-23(12-21)16-29/h1,3-4,7-8,21-28,31-34H,2,5-6,9-19H2/t21?,22?,23?,24-,25+,26-,27+,28+,29?/m0/s1. The number of aliphatic hydroxyl groups is 4. The topological polar surface area (TPSA) is 93.4 Å². The smallest absolute Gasteiger partial charge is 0.109 e. The van der Waals surface area contributed by atoms with Gasteiger partial charge in [0.1, 0.15) is 12.2 Å². The molecule has 5 aliphatic rings. The Morgan fingerprint density at radius 1 is 0.800 bits per heavy atom. The van der Waals surface area contributed by atoms with Crippen LogP contribution < -0.4 is 0 Å². The number of hydrogen-bond donors (Lipinski definition) is 4. The Bertz CT molecular complexity index is 768. The fraction of sp³-hybridized carbons (Fsp3) is 0.793. The average molecular weight is 488 g/mol. The van der Waals surface area contributed by atoms with Gasteiger partial charge >= 0.3 is 0 Å². The van der Waals surface area contributed by atoms with Crippen molar-refractivity contribution in [1.29, 1.82) is 0 Å². The fourth-order valence-electron chi connectivity index (χ4n) is 8.36. The van der Waals surface area contributed by atoms with Crippen molar-refractivity contribution in [2.75, 3.05) is 19.8 Å². The van der Waals surface area contributed by atoms with Crippen LogP contribution >= 0.6 is 0 Å². The molecular formula is C29H45NO5. The summed E-state index contributed by atoms with van der Waals surface area (Å²) in [5.74, 6) is 2.88. The van der Waals surface area contributed by atoms with E-state index in [-0.39, 0.29) is 12.6 Å². The van der Waals surface area contributed by atoms with Crippen molar-refractivity contribution in [3.63, 3.8) is 0 Å². The molecule has 6 heteroatoms. The van der Waals surface area contributed by atoms with Crippen LogP contribution in [0.4, 0.5) is 0 Å². The Morgan fingerprint density at radius 2 is 1.43 bits per heavy atom. The van der Waals surface area contributed by atoms with Crippen LogP contribution in [0.5, 0.6) is 0 Å². The molecule has 0 aromatic heterocycles. The summed E-state index contributed by atoms with van der Waals surface area (Å²) in [5, 5.41) is 41.7. The maximum Gasteiger partial charge on any atom is 0.109 e. The van der Waals surface area contributed by atoms with Crippen LogP contribution in [-0.4, -0.2) is 75.5 Å². The molecule has 5 fully saturated rings. The fourth-order valence-corrected chi connectivity index (χ4v) is 8.36. The Balaban J connectivity index is 1.09. The Labute approximate surface area is 210 Å². The van der Waals surface area contributed by atoms with E-state index in [1.165, 1.54) is 38.5 Å². The van der Waals surface area contributed by atoms with Crippen molar-refractivity contribution in [1.82, 2.24) is 4.90 Å². The zero-order valence-electron chi connectivity index (χ0n) is 21.0. The lowest BCUT2D eigenvalue weighted by atomic mass is 9.50. The number of aliphatic hydroxyl groups excluding tert-OH is 4. The first-order valence-corrected chi connectivity index (χ1v) is 14.0. The Kier molecular flexibility index (Phi) is 8.17. The van der Waals surface area contributed by atoms with Crippen LogP contribution in [0.25, 0.3) is 0 Å². The number of likely N-dealkylation sites (tertiary alicyclic amines) is 1. The van der Waals surface area contributed by atoms with Gasteiger partial charge in [0.15, 0.2) is 0 Å². The second kappa shape index (κ2) is 11.2. The molecule has 4 aliphatic carbocycles. The summed E-state index contributed by atoms with van der Waals surface area (Å²) >= 11 is 0. The largest absolute Gasteiger partial charge is 0.395 e. The van der Waals surface area contributed by atoms with Gasteiger partial charge in [-0.15, -0.1) is 0 Å². The summed E-state index contributed by atoms with van der Waals surface area (Å²) < 4.78 is 6.23. The van der Waals surface area contributed by atoms with Gasteiger partial charge < -0.3 is 25.2 Å². The third kappa shape index (κ3) is 5.63. The lowest BCUT2D eigenvalue weighted by Gasteiger charge is -2.56. The number of benzene rings is 1. The molecule has 6 nitrogen and oxygen atoms in total. The molecule has 1 aliphatic heterocycles. The van der Waals surface area contributed by atoms with E-state index < -0.39 is 24.4 Å². The monoisotopic (exact) mass is 487 g/mol. The molecule has 1 saturated heterocycles. The zero-order chi connectivity index (χ0) is 24.4. The van der Waals surface area contributed by atoms with Crippen LogP contribution in [0.1, 0.15) is 69.8 Å². The molecule has 4 N–H and O–H groups in total. The first kappa shape index (κ1) is 25.6. The number of nitrogens with zero attached hydrogens (tertiary/aromatic N) is 1. The molecule has 0 spiro atoms. The maximum atomic E-state index is 10.8. The highest BCUT2D eigenvalue weighted by Gasteiger charge is 2.51. The van der Waals surface area contributed by atoms with E-state index in [9.17, 15) is 20.4 Å². The second-order valence-electron chi connectivity index (χ2n) is 12.3.